The van der Waals surface area contributed by atoms with Crippen molar-refractivity contribution in [3.05, 3.63) is 54.5 Å². The number of nitrogens with one attached hydrogen (secondary N) is 2. The first kappa shape index (κ1) is 11.4. The van der Waals surface area contributed by atoms with E-state index in [1.54, 1.807) is 24.5 Å². The molecule has 0 saturated heterocycles. The van der Waals surface area contributed by atoms with Gasteiger partial charge in [-0.1, -0.05) is 18.2 Å². The maximum absolute atomic E-state index is 11.9. The Balaban J connectivity index is 1.76. The van der Waals surface area contributed by atoms with E-state index < -0.39 is 0 Å². The van der Waals surface area contributed by atoms with Gasteiger partial charge in [0.2, 0.25) is 5.91 Å². The van der Waals surface area contributed by atoms with Crippen molar-refractivity contribution in [2.75, 3.05) is 5.32 Å². The van der Waals surface area contributed by atoms with Gasteiger partial charge in [-0.2, -0.15) is 5.10 Å². The predicted molar refractivity (Wildman–Crippen MR) is 72.7 cm³/mol. The zero-order valence-corrected chi connectivity index (χ0v) is 10.1. The molecule has 2 heterocycles. The lowest BCUT2D eigenvalue weighted by atomic mass is 10.1. The van der Waals surface area contributed by atoms with E-state index in [-0.39, 0.29) is 12.3 Å². The average molecular weight is 252 g/mol. The maximum atomic E-state index is 11.9. The smallest absolute Gasteiger partial charge is 0.230 e. The van der Waals surface area contributed by atoms with Crippen LogP contribution < -0.4 is 5.32 Å². The van der Waals surface area contributed by atoms with E-state index in [9.17, 15) is 4.79 Å². The predicted octanol–water partition coefficient (Wildman–Crippen LogP) is 2.14. The van der Waals surface area contributed by atoms with Crippen LogP contribution in [0.15, 0.2) is 48.8 Å². The second kappa shape index (κ2) is 4.89. The van der Waals surface area contributed by atoms with Crippen LogP contribution in [-0.2, 0) is 11.2 Å². The van der Waals surface area contributed by atoms with Crippen LogP contribution in [0.5, 0.6) is 0 Å². The second-order valence-electron chi connectivity index (χ2n) is 4.19. The third kappa shape index (κ3) is 2.44. The van der Waals surface area contributed by atoms with E-state index in [1.165, 1.54) is 0 Å². The molecule has 94 valence electrons. The normalized spacial score (nSPS) is 10.5. The van der Waals surface area contributed by atoms with E-state index >= 15 is 0 Å². The largest absolute Gasteiger partial charge is 0.324 e. The van der Waals surface area contributed by atoms with Crippen LogP contribution in [0.2, 0.25) is 0 Å². The van der Waals surface area contributed by atoms with Crippen molar-refractivity contribution in [3.8, 4) is 0 Å². The summed E-state index contributed by atoms with van der Waals surface area (Å²) < 4.78 is 0. The molecule has 0 spiro atoms. The Morgan fingerprint density at radius 2 is 2.11 bits per heavy atom. The molecule has 5 nitrogen and oxygen atoms in total. The first-order chi connectivity index (χ1) is 9.33. The van der Waals surface area contributed by atoms with Crippen molar-refractivity contribution < 1.29 is 4.79 Å². The van der Waals surface area contributed by atoms with Crippen LogP contribution in [0.1, 0.15) is 5.69 Å². The molecule has 3 aromatic rings. The van der Waals surface area contributed by atoms with Crippen molar-refractivity contribution in [1.29, 1.82) is 0 Å². The summed E-state index contributed by atoms with van der Waals surface area (Å²) in [7, 11) is 0. The highest BCUT2D eigenvalue weighted by Gasteiger charge is 2.09. The number of benzene rings is 1. The summed E-state index contributed by atoms with van der Waals surface area (Å²) >= 11 is 0. The third-order valence-corrected chi connectivity index (χ3v) is 2.82. The topological polar surface area (TPSA) is 70.7 Å². The Hall–Kier alpha value is -2.69. The minimum Gasteiger partial charge on any atom is -0.324 e. The molecule has 1 aromatic carbocycles. The fraction of sp³-hybridized carbons (Fsp3) is 0.0714. The number of carbonyl (C=O) groups excluding carboxylic acids is 1. The van der Waals surface area contributed by atoms with Gasteiger partial charge >= 0.3 is 0 Å². The number of aromatic amines is 1. The molecule has 3 rings (SSSR count). The molecule has 0 atom stereocenters. The van der Waals surface area contributed by atoms with Crippen LogP contribution in [0.3, 0.4) is 0 Å². The summed E-state index contributed by atoms with van der Waals surface area (Å²) in [4.78, 5) is 15.9. The molecule has 2 aromatic heterocycles. The van der Waals surface area contributed by atoms with Gasteiger partial charge in [0.1, 0.15) is 0 Å². The molecule has 0 unspecified atom stereocenters. The van der Waals surface area contributed by atoms with Crippen LogP contribution in [-0.4, -0.2) is 21.1 Å². The molecule has 0 radical (unpaired) electrons. The fourth-order valence-corrected chi connectivity index (χ4v) is 1.95. The van der Waals surface area contributed by atoms with Crippen molar-refractivity contribution >= 4 is 22.5 Å². The van der Waals surface area contributed by atoms with Gasteiger partial charge in [0.25, 0.3) is 0 Å². The first-order valence-corrected chi connectivity index (χ1v) is 5.95. The van der Waals surface area contributed by atoms with E-state index in [1.807, 2.05) is 24.3 Å². The van der Waals surface area contributed by atoms with Crippen molar-refractivity contribution in [3.63, 3.8) is 0 Å². The Labute approximate surface area is 109 Å². The lowest BCUT2D eigenvalue weighted by molar-refractivity contribution is -0.115. The Bertz CT molecular complexity index is 706. The number of nitrogens with zero attached hydrogens (tertiary/aromatic N) is 2. The highest BCUT2D eigenvalue weighted by atomic mass is 16.1. The SMILES string of the molecule is O=C(Cc1[nH]nc2ccccc12)Nc1cccnc1. The first-order valence-electron chi connectivity index (χ1n) is 5.95. The quantitative estimate of drug-likeness (QED) is 0.750. The zero-order valence-electron chi connectivity index (χ0n) is 10.1. The molecular formula is C14H12N4O. The molecule has 0 bridgehead atoms. The highest BCUT2D eigenvalue weighted by Crippen LogP contribution is 2.16. The lowest BCUT2D eigenvalue weighted by Gasteiger charge is -2.03. The number of amides is 1. The second-order valence-corrected chi connectivity index (χ2v) is 4.19. The summed E-state index contributed by atoms with van der Waals surface area (Å²) in [5, 5.41) is 10.8. The Morgan fingerprint density at radius 3 is 2.95 bits per heavy atom. The molecule has 1 amide bonds. The third-order valence-electron chi connectivity index (χ3n) is 2.82. The Morgan fingerprint density at radius 1 is 1.21 bits per heavy atom. The van der Waals surface area contributed by atoms with Crippen molar-refractivity contribution in [2.24, 2.45) is 0 Å². The Kier molecular flexibility index (Phi) is 2.94. The highest BCUT2D eigenvalue weighted by molar-refractivity contribution is 5.94. The summed E-state index contributed by atoms with van der Waals surface area (Å²) in [6.07, 6.45) is 3.54. The minimum atomic E-state index is -0.0950. The molecule has 5 heteroatoms. The van der Waals surface area contributed by atoms with Gasteiger partial charge < -0.3 is 5.32 Å². The minimum absolute atomic E-state index is 0.0950. The van der Waals surface area contributed by atoms with E-state index in [4.69, 9.17) is 0 Å². The van der Waals surface area contributed by atoms with E-state index in [2.05, 4.69) is 20.5 Å². The molecule has 19 heavy (non-hydrogen) atoms. The van der Waals surface area contributed by atoms with E-state index in [0.29, 0.717) is 5.69 Å². The number of anilines is 1. The average Bonchev–Trinajstić information content (AvgIpc) is 2.83. The number of hydrogen-bond donors (Lipinski definition) is 2. The molecule has 0 fully saturated rings. The maximum Gasteiger partial charge on any atom is 0.230 e. The van der Waals surface area contributed by atoms with Crippen LogP contribution >= 0.6 is 0 Å². The summed E-state index contributed by atoms with van der Waals surface area (Å²) in [5.74, 6) is -0.0950. The number of aromatic nitrogens is 3. The number of H-pyrrole nitrogens is 1. The molecular weight excluding hydrogens is 240 g/mol. The number of carbonyl (C=O) groups is 1. The molecule has 0 saturated carbocycles. The molecule has 0 aliphatic heterocycles. The van der Waals surface area contributed by atoms with Crippen molar-refractivity contribution in [2.45, 2.75) is 6.42 Å². The fourth-order valence-electron chi connectivity index (χ4n) is 1.95. The van der Waals surface area contributed by atoms with Gasteiger partial charge in [0.05, 0.1) is 29.5 Å². The number of hydrogen-bond acceptors (Lipinski definition) is 3. The van der Waals surface area contributed by atoms with Gasteiger partial charge in [-0.15, -0.1) is 0 Å². The van der Waals surface area contributed by atoms with Crippen LogP contribution in [0.4, 0.5) is 5.69 Å². The zero-order chi connectivity index (χ0) is 13.1. The molecule has 2 N–H and O–H groups in total. The van der Waals surface area contributed by atoms with Gasteiger partial charge in [0, 0.05) is 11.6 Å². The summed E-state index contributed by atoms with van der Waals surface area (Å²) in [6.45, 7) is 0. The number of fused-ring (bicyclic) bond motifs is 1. The van der Waals surface area contributed by atoms with Gasteiger partial charge in [-0.25, -0.2) is 0 Å². The lowest BCUT2D eigenvalue weighted by Crippen LogP contribution is -2.14. The standard InChI is InChI=1S/C14H12N4O/c19-14(16-10-4-3-7-15-9-10)8-13-11-5-1-2-6-12(11)17-18-13/h1-7,9H,8H2,(H,16,19)(H,17,18). The summed E-state index contributed by atoms with van der Waals surface area (Å²) in [5.41, 5.74) is 2.37. The van der Waals surface area contributed by atoms with Gasteiger partial charge in [-0.3, -0.25) is 14.9 Å². The number of para-hydroxylation sites is 1. The monoisotopic (exact) mass is 252 g/mol. The van der Waals surface area contributed by atoms with Gasteiger partial charge in [-0.05, 0) is 18.2 Å². The molecule has 0 aliphatic rings. The van der Waals surface area contributed by atoms with Gasteiger partial charge in [0.15, 0.2) is 0 Å². The number of pyridine rings is 1. The molecule has 0 aliphatic carbocycles. The van der Waals surface area contributed by atoms with Crippen molar-refractivity contribution in [1.82, 2.24) is 15.2 Å². The van der Waals surface area contributed by atoms with E-state index in [0.717, 1.165) is 16.6 Å². The van der Waals surface area contributed by atoms with Crippen LogP contribution in [0.25, 0.3) is 10.9 Å². The number of rotatable bonds is 3. The summed E-state index contributed by atoms with van der Waals surface area (Å²) in [6, 6.07) is 11.3. The van der Waals surface area contributed by atoms with Crippen LogP contribution in [0, 0.1) is 0 Å².